The van der Waals surface area contributed by atoms with Crippen LogP contribution in [0.4, 0.5) is 0 Å². The number of halogens is 1. The van der Waals surface area contributed by atoms with Crippen molar-refractivity contribution in [2.45, 2.75) is 39.0 Å². The van der Waals surface area contributed by atoms with Crippen molar-refractivity contribution in [3.8, 4) is 5.75 Å². The third-order valence-corrected chi connectivity index (χ3v) is 3.65. The number of nitrogens with one attached hydrogen (secondary N) is 1. The first-order valence-corrected chi connectivity index (χ1v) is 7.19. The zero-order valence-corrected chi connectivity index (χ0v) is 12.8. The summed E-state index contributed by atoms with van der Waals surface area (Å²) in [7, 11) is 0. The van der Waals surface area contributed by atoms with E-state index in [0.29, 0.717) is 5.92 Å². The maximum absolute atomic E-state index is 5.75. The number of benzene rings is 1. The molecule has 0 aliphatic carbocycles. The number of hydrogen-bond acceptors (Lipinski definition) is 2. The van der Waals surface area contributed by atoms with Gasteiger partial charge in [-0.25, -0.2) is 0 Å². The summed E-state index contributed by atoms with van der Waals surface area (Å²) in [6.45, 7) is 7.58. The molecule has 0 amide bonds. The lowest BCUT2D eigenvalue weighted by molar-refractivity contribution is 0.289. The molecule has 1 aromatic rings. The van der Waals surface area contributed by atoms with Crippen LogP contribution in [0.15, 0.2) is 24.3 Å². The van der Waals surface area contributed by atoms with Gasteiger partial charge in [0.05, 0.1) is 6.61 Å². The van der Waals surface area contributed by atoms with Crippen LogP contribution in [0.5, 0.6) is 5.75 Å². The van der Waals surface area contributed by atoms with Gasteiger partial charge in [0, 0.05) is 0 Å². The largest absolute Gasteiger partial charge is 0.494 e. The highest BCUT2D eigenvalue weighted by molar-refractivity contribution is 5.85. The van der Waals surface area contributed by atoms with Gasteiger partial charge in [-0.1, -0.05) is 26.0 Å². The second kappa shape index (κ2) is 8.44. The minimum atomic E-state index is 0. The topological polar surface area (TPSA) is 21.3 Å². The normalized spacial score (nSPS) is 16.2. The average molecular weight is 284 g/mol. The lowest BCUT2D eigenvalue weighted by atomic mass is 9.90. The van der Waals surface area contributed by atoms with E-state index in [-0.39, 0.29) is 12.4 Å². The molecular formula is C16H26ClNO. The highest BCUT2D eigenvalue weighted by Gasteiger charge is 2.14. The van der Waals surface area contributed by atoms with Gasteiger partial charge in [-0.3, -0.25) is 0 Å². The Morgan fingerprint density at radius 1 is 1.16 bits per heavy atom. The minimum Gasteiger partial charge on any atom is -0.494 e. The van der Waals surface area contributed by atoms with Crippen LogP contribution < -0.4 is 10.1 Å². The van der Waals surface area contributed by atoms with Gasteiger partial charge in [-0.05, 0) is 61.9 Å². The predicted molar refractivity (Wildman–Crippen MR) is 83.5 cm³/mol. The third-order valence-electron chi connectivity index (χ3n) is 3.65. The van der Waals surface area contributed by atoms with E-state index in [1.807, 2.05) is 0 Å². The molecule has 2 rings (SSSR count). The van der Waals surface area contributed by atoms with Crippen LogP contribution in [0.3, 0.4) is 0 Å². The van der Waals surface area contributed by atoms with Gasteiger partial charge in [0.2, 0.25) is 0 Å². The summed E-state index contributed by atoms with van der Waals surface area (Å²) in [6.07, 6.45) is 3.64. The maximum Gasteiger partial charge on any atom is 0.119 e. The first kappa shape index (κ1) is 16.3. The van der Waals surface area contributed by atoms with Crippen molar-refractivity contribution in [2.75, 3.05) is 19.7 Å². The molecule has 3 heteroatoms. The van der Waals surface area contributed by atoms with E-state index in [1.165, 1.54) is 18.4 Å². The molecule has 2 nitrogen and oxygen atoms in total. The molecule has 0 unspecified atom stereocenters. The highest BCUT2D eigenvalue weighted by atomic mass is 35.5. The Kier molecular flexibility index (Phi) is 7.25. The molecule has 0 atom stereocenters. The summed E-state index contributed by atoms with van der Waals surface area (Å²) < 4.78 is 5.75. The van der Waals surface area contributed by atoms with Crippen LogP contribution >= 0.6 is 12.4 Å². The molecule has 1 N–H and O–H groups in total. The Morgan fingerprint density at radius 2 is 1.79 bits per heavy atom. The molecular weight excluding hydrogens is 258 g/mol. The third kappa shape index (κ3) is 5.42. The highest BCUT2D eigenvalue weighted by Crippen LogP contribution is 2.26. The van der Waals surface area contributed by atoms with Crippen molar-refractivity contribution in [1.29, 1.82) is 0 Å². The zero-order chi connectivity index (χ0) is 12.8. The van der Waals surface area contributed by atoms with Crippen LogP contribution in [0, 0.1) is 5.92 Å². The van der Waals surface area contributed by atoms with Gasteiger partial charge in [-0.2, -0.15) is 0 Å². The number of piperidine rings is 1. The molecule has 1 aliphatic rings. The second-order valence-corrected chi connectivity index (χ2v) is 5.62. The first-order valence-electron chi connectivity index (χ1n) is 7.19. The molecule has 0 saturated carbocycles. The summed E-state index contributed by atoms with van der Waals surface area (Å²) in [5, 5.41) is 3.41. The monoisotopic (exact) mass is 283 g/mol. The Balaban J connectivity index is 0.00000180. The molecule has 1 heterocycles. The van der Waals surface area contributed by atoms with E-state index < -0.39 is 0 Å². The van der Waals surface area contributed by atoms with Crippen LogP contribution in [0.25, 0.3) is 0 Å². The fourth-order valence-electron chi connectivity index (χ4n) is 2.40. The van der Waals surface area contributed by atoms with Crippen molar-refractivity contribution in [3.63, 3.8) is 0 Å². The molecule has 108 valence electrons. The first-order chi connectivity index (χ1) is 8.75. The second-order valence-electron chi connectivity index (χ2n) is 5.62. The summed E-state index contributed by atoms with van der Waals surface area (Å²) >= 11 is 0. The van der Waals surface area contributed by atoms with Crippen LogP contribution in [0.1, 0.15) is 44.6 Å². The van der Waals surface area contributed by atoms with Crippen LogP contribution in [-0.4, -0.2) is 19.7 Å². The van der Waals surface area contributed by atoms with Gasteiger partial charge in [0.25, 0.3) is 0 Å². The molecule has 0 bridgehead atoms. The van der Waals surface area contributed by atoms with Gasteiger partial charge >= 0.3 is 0 Å². The number of hydrogen-bond donors (Lipinski definition) is 1. The van der Waals surface area contributed by atoms with Gasteiger partial charge in [-0.15, -0.1) is 12.4 Å². The fourth-order valence-corrected chi connectivity index (χ4v) is 2.40. The van der Waals surface area contributed by atoms with Crippen molar-refractivity contribution in [3.05, 3.63) is 29.8 Å². The van der Waals surface area contributed by atoms with Crippen molar-refractivity contribution in [1.82, 2.24) is 5.32 Å². The number of rotatable bonds is 5. The minimum absolute atomic E-state index is 0. The van der Waals surface area contributed by atoms with Crippen LogP contribution in [-0.2, 0) is 0 Å². The molecule has 1 fully saturated rings. The SMILES string of the molecule is CC(C)CCOc1ccc(C2CCNCC2)cc1.Cl. The van der Waals surface area contributed by atoms with E-state index in [4.69, 9.17) is 4.74 Å². The Hall–Kier alpha value is -0.730. The average Bonchev–Trinajstić information content (AvgIpc) is 2.40. The molecule has 1 aromatic carbocycles. The van der Waals surface area contributed by atoms with E-state index in [9.17, 15) is 0 Å². The molecule has 0 aromatic heterocycles. The fraction of sp³-hybridized carbons (Fsp3) is 0.625. The van der Waals surface area contributed by atoms with Crippen molar-refractivity contribution < 1.29 is 4.74 Å². The predicted octanol–water partition coefficient (Wildman–Crippen LogP) is 4.00. The van der Waals surface area contributed by atoms with Crippen molar-refractivity contribution >= 4 is 12.4 Å². The van der Waals surface area contributed by atoms with E-state index >= 15 is 0 Å². The van der Waals surface area contributed by atoms with E-state index in [1.54, 1.807) is 0 Å². The van der Waals surface area contributed by atoms with E-state index in [2.05, 4.69) is 43.4 Å². The molecule has 19 heavy (non-hydrogen) atoms. The van der Waals surface area contributed by atoms with Gasteiger partial charge in [0.1, 0.15) is 5.75 Å². The Morgan fingerprint density at radius 3 is 2.37 bits per heavy atom. The zero-order valence-electron chi connectivity index (χ0n) is 12.0. The van der Waals surface area contributed by atoms with Gasteiger partial charge in [0.15, 0.2) is 0 Å². The Labute approximate surface area is 123 Å². The van der Waals surface area contributed by atoms with E-state index in [0.717, 1.165) is 37.8 Å². The van der Waals surface area contributed by atoms with Crippen molar-refractivity contribution in [2.24, 2.45) is 5.92 Å². The quantitative estimate of drug-likeness (QED) is 0.882. The summed E-state index contributed by atoms with van der Waals surface area (Å²) in [5.74, 6) is 2.45. The maximum atomic E-state index is 5.75. The molecule has 0 spiro atoms. The van der Waals surface area contributed by atoms with Crippen LogP contribution in [0.2, 0.25) is 0 Å². The molecule has 1 saturated heterocycles. The lowest BCUT2D eigenvalue weighted by Crippen LogP contribution is -2.26. The smallest absolute Gasteiger partial charge is 0.119 e. The standard InChI is InChI=1S/C16H25NO.ClH/c1-13(2)9-12-18-16-5-3-14(4-6-16)15-7-10-17-11-8-15;/h3-6,13,15,17H,7-12H2,1-2H3;1H. The molecule has 0 radical (unpaired) electrons. The van der Waals surface area contributed by atoms with Gasteiger partial charge < -0.3 is 10.1 Å². The number of ether oxygens (including phenoxy) is 1. The Bertz CT molecular complexity index is 344. The molecule has 1 aliphatic heterocycles. The summed E-state index contributed by atoms with van der Waals surface area (Å²) in [6, 6.07) is 8.72. The summed E-state index contributed by atoms with van der Waals surface area (Å²) in [4.78, 5) is 0. The summed E-state index contributed by atoms with van der Waals surface area (Å²) in [5.41, 5.74) is 1.47. The lowest BCUT2D eigenvalue weighted by Gasteiger charge is -2.23.